The van der Waals surface area contributed by atoms with Crippen LogP contribution in [0.5, 0.6) is 0 Å². The van der Waals surface area contributed by atoms with Gasteiger partial charge in [0, 0.05) is 5.92 Å². The van der Waals surface area contributed by atoms with Crippen LogP contribution >= 0.6 is 0 Å². The van der Waals surface area contributed by atoms with Crippen molar-refractivity contribution in [3.63, 3.8) is 0 Å². The molecule has 3 atom stereocenters. The number of benzene rings is 2. The van der Waals surface area contributed by atoms with Crippen molar-refractivity contribution in [3.05, 3.63) is 71.8 Å². The lowest BCUT2D eigenvalue weighted by Gasteiger charge is -2.44. The molecule has 0 aliphatic heterocycles. The maximum atomic E-state index is 10.3. The molecular formula is C22H30O2. The molecule has 3 unspecified atom stereocenters. The molecule has 0 radical (unpaired) electrons. The average Bonchev–Trinajstić information content (AvgIpc) is 2.60. The van der Waals surface area contributed by atoms with Crippen LogP contribution in [-0.2, 0) is 0 Å². The highest BCUT2D eigenvalue weighted by Gasteiger charge is 2.43. The Labute approximate surface area is 146 Å². The van der Waals surface area contributed by atoms with Crippen molar-refractivity contribution >= 4 is 0 Å². The Morgan fingerprint density at radius 3 is 1.83 bits per heavy atom. The maximum absolute atomic E-state index is 10.3. The van der Waals surface area contributed by atoms with Crippen LogP contribution in [0.25, 0.3) is 0 Å². The van der Waals surface area contributed by atoms with Crippen molar-refractivity contribution in [1.29, 1.82) is 0 Å². The van der Waals surface area contributed by atoms with E-state index in [1.807, 2.05) is 36.4 Å². The smallest absolute Gasteiger partial charge is 0.158 e. The molecule has 0 amide bonds. The van der Waals surface area contributed by atoms with Crippen molar-refractivity contribution < 1.29 is 10.2 Å². The van der Waals surface area contributed by atoms with Gasteiger partial charge >= 0.3 is 0 Å². The fourth-order valence-corrected chi connectivity index (χ4v) is 3.88. The quantitative estimate of drug-likeness (QED) is 0.664. The molecule has 24 heavy (non-hydrogen) atoms. The van der Waals surface area contributed by atoms with Crippen LogP contribution in [0, 0.1) is 5.41 Å². The van der Waals surface area contributed by atoms with Gasteiger partial charge in [-0.2, -0.15) is 0 Å². The second kappa shape index (κ2) is 8.46. The Kier molecular flexibility index (Phi) is 6.59. The summed E-state index contributed by atoms with van der Waals surface area (Å²) in [7, 11) is 0. The molecule has 2 nitrogen and oxygen atoms in total. The van der Waals surface area contributed by atoms with Crippen LogP contribution in [0.15, 0.2) is 60.7 Å². The zero-order valence-corrected chi connectivity index (χ0v) is 15.0. The zero-order valence-electron chi connectivity index (χ0n) is 15.0. The topological polar surface area (TPSA) is 40.5 Å². The van der Waals surface area contributed by atoms with Crippen LogP contribution in [0.4, 0.5) is 0 Å². The first-order valence-corrected chi connectivity index (χ1v) is 8.96. The Balaban J connectivity index is 2.47. The highest BCUT2D eigenvalue weighted by molar-refractivity contribution is 5.28. The van der Waals surface area contributed by atoms with E-state index in [9.17, 15) is 10.2 Å². The highest BCUT2D eigenvalue weighted by Crippen LogP contribution is 2.51. The summed E-state index contributed by atoms with van der Waals surface area (Å²) >= 11 is 0. The zero-order chi connectivity index (χ0) is 17.6. The molecule has 2 aromatic carbocycles. The first kappa shape index (κ1) is 18.7. The van der Waals surface area contributed by atoms with Crippen molar-refractivity contribution in [2.24, 2.45) is 5.41 Å². The number of hydrogen-bond donors (Lipinski definition) is 2. The Morgan fingerprint density at radius 2 is 1.38 bits per heavy atom. The minimum Gasteiger partial charge on any atom is -0.368 e. The van der Waals surface area contributed by atoms with Crippen molar-refractivity contribution in [3.8, 4) is 0 Å². The largest absolute Gasteiger partial charge is 0.368 e. The molecule has 2 rings (SSSR count). The van der Waals surface area contributed by atoms with Crippen molar-refractivity contribution in [1.82, 2.24) is 0 Å². The van der Waals surface area contributed by atoms with E-state index in [0.717, 1.165) is 24.8 Å². The third-order valence-corrected chi connectivity index (χ3v) is 5.53. The summed E-state index contributed by atoms with van der Waals surface area (Å²) in [6, 6.07) is 20.3. The van der Waals surface area contributed by atoms with Crippen LogP contribution < -0.4 is 0 Å². The van der Waals surface area contributed by atoms with E-state index < -0.39 is 6.29 Å². The maximum Gasteiger partial charge on any atom is 0.158 e. The van der Waals surface area contributed by atoms with Gasteiger partial charge in [-0.1, -0.05) is 94.3 Å². The van der Waals surface area contributed by atoms with Crippen molar-refractivity contribution in [2.75, 3.05) is 0 Å². The molecule has 0 spiro atoms. The molecule has 0 saturated heterocycles. The number of rotatable bonds is 8. The van der Waals surface area contributed by atoms with E-state index in [1.54, 1.807) is 0 Å². The van der Waals surface area contributed by atoms with Crippen LogP contribution in [0.2, 0.25) is 0 Å². The first-order chi connectivity index (χ1) is 11.5. The van der Waals surface area contributed by atoms with Crippen LogP contribution in [0.1, 0.15) is 63.0 Å². The van der Waals surface area contributed by atoms with Gasteiger partial charge in [0.15, 0.2) is 6.29 Å². The van der Waals surface area contributed by atoms with Crippen LogP contribution in [-0.4, -0.2) is 16.5 Å². The Hall–Kier alpha value is -1.64. The fourth-order valence-electron chi connectivity index (χ4n) is 3.88. The molecule has 130 valence electrons. The van der Waals surface area contributed by atoms with E-state index in [1.165, 1.54) is 5.56 Å². The SMILES string of the molecule is CCCCC(C)(C(C)c1ccccc1)C(c1ccccc1)C(O)O. The van der Waals surface area contributed by atoms with Gasteiger partial charge in [-0.05, 0) is 28.9 Å². The normalized spacial score (nSPS) is 16.6. The Bertz CT molecular complexity index is 594. The number of aliphatic hydroxyl groups excluding tert-OH is 1. The number of hydrogen-bond acceptors (Lipinski definition) is 2. The molecule has 2 N–H and O–H groups in total. The van der Waals surface area contributed by atoms with Gasteiger partial charge in [-0.25, -0.2) is 0 Å². The monoisotopic (exact) mass is 326 g/mol. The van der Waals surface area contributed by atoms with Gasteiger partial charge in [-0.15, -0.1) is 0 Å². The molecule has 2 heteroatoms. The summed E-state index contributed by atoms with van der Waals surface area (Å²) in [4.78, 5) is 0. The molecule has 0 aliphatic carbocycles. The number of unbranched alkanes of at least 4 members (excludes halogenated alkanes) is 1. The van der Waals surface area contributed by atoms with E-state index in [2.05, 4.69) is 45.0 Å². The minimum atomic E-state index is -1.37. The predicted octanol–water partition coefficient (Wildman–Crippen LogP) is 5.08. The third-order valence-electron chi connectivity index (χ3n) is 5.53. The molecule has 0 aromatic heterocycles. The van der Waals surface area contributed by atoms with E-state index >= 15 is 0 Å². The van der Waals surface area contributed by atoms with Gasteiger partial charge < -0.3 is 10.2 Å². The molecule has 0 fully saturated rings. The second-order valence-corrected chi connectivity index (χ2v) is 7.04. The molecule has 0 heterocycles. The summed E-state index contributed by atoms with van der Waals surface area (Å²) in [6.07, 6.45) is 1.75. The van der Waals surface area contributed by atoms with Gasteiger partial charge in [0.2, 0.25) is 0 Å². The van der Waals surface area contributed by atoms with E-state index in [4.69, 9.17) is 0 Å². The fraction of sp³-hybridized carbons (Fsp3) is 0.455. The number of aliphatic hydroxyl groups is 2. The predicted molar refractivity (Wildman–Crippen MR) is 99.9 cm³/mol. The lowest BCUT2D eigenvalue weighted by Crippen LogP contribution is -2.38. The summed E-state index contributed by atoms with van der Waals surface area (Å²) in [5.41, 5.74) is 2.00. The standard InChI is InChI=1S/C22H30O2/c1-4-5-16-22(3,17(2)18-12-8-6-9-13-18)20(21(23)24)19-14-10-7-11-15-19/h6-15,17,20-21,23-24H,4-5,16H2,1-3H3. The lowest BCUT2D eigenvalue weighted by molar-refractivity contribution is -0.0968. The lowest BCUT2D eigenvalue weighted by atomic mass is 9.61. The van der Waals surface area contributed by atoms with Crippen molar-refractivity contribution in [2.45, 2.75) is 58.2 Å². The molecule has 2 aromatic rings. The average molecular weight is 326 g/mol. The molecular weight excluding hydrogens is 296 g/mol. The molecule has 0 aliphatic rings. The Morgan fingerprint density at radius 1 is 0.875 bits per heavy atom. The van der Waals surface area contributed by atoms with Gasteiger partial charge in [-0.3, -0.25) is 0 Å². The van der Waals surface area contributed by atoms with Gasteiger partial charge in [0.25, 0.3) is 0 Å². The van der Waals surface area contributed by atoms with E-state index in [0.29, 0.717) is 0 Å². The summed E-state index contributed by atoms with van der Waals surface area (Å²) in [5, 5.41) is 20.5. The summed E-state index contributed by atoms with van der Waals surface area (Å²) < 4.78 is 0. The van der Waals surface area contributed by atoms with E-state index in [-0.39, 0.29) is 17.3 Å². The van der Waals surface area contributed by atoms with Gasteiger partial charge in [0.05, 0.1) is 0 Å². The first-order valence-electron chi connectivity index (χ1n) is 8.96. The third kappa shape index (κ3) is 4.06. The minimum absolute atomic E-state index is 0.220. The molecule has 0 bridgehead atoms. The van der Waals surface area contributed by atoms with Gasteiger partial charge in [0.1, 0.15) is 0 Å². The van der Waals surface area contributed by atoms with Crippen LogP contribution in [0.3, 0.4) is 0 Å². The summed E-state index contributed by atoms with van der Waals surface area (Å²) in [5.74, 6) is -0.0993. The highest BCUT2D eigenvalue weighted by atomic mass is 16.5. The second-order valence-electron chi connectivity index (χ2n) is 7.04. The summed E-state index contributed by atoms with van der Waals surface area (Å²) in [6.45, 7) is 6.60. The molecule has 0 saturated carbocycles.